The van der Waals surface area contributed by atoms with Gasteiger partial charge in [0.05, 0.1) is 11.2 Å². The molecule has 1 fully saturated rings. The summed E-state index contributed by atoms with van der Waals surface area (Å²) in [6.07, 6.45) is 1.88. The van der Waals surface area contributed by atoms with E-state index in [1.807, 2.05) is 51.9 Å². The van der Waals surface area contributed by atoms with E-state index in [9.17, 15) is 4.79 Å². The van der Waals surface area contributed by atoms with Gasteiger partial charge in [0.1, 0.15) is 0 Å². The molecule has 0 aromatic heterocycles. The third kappa shape index (κ3) is 3.38. The van der Waals surface area contributed by atoms with E-state index >= 15 is 0 Å². The highest BCUT2D eigenvalue weighted by molar-refractivity contribution is 6.51. The molecule has 4 aromatic rings. The predicted octanol–water partition coefficient (Wildman–Crippen LogP) is 5.50. The highest BCUT2D eigenvalue weighted by Gasteiger charge is 2.49. The monoisotopic (exact) mass is 411 g/mol. The van der Waals surface area contributed by atoms with Gasteiger partial charge < -0.3 is 14.6 Å². The number of nitrogens with one attached hydrogen (secondary N) is 1. The molecule has 4 aromatic carbocycles. The SMILES string of the molecule is CC1(C)OB(/C=C/CNC(=O)c2cc3ccc4cccc5ccc(c2)c3c45)OC1(C)C. The topological polar surface area (TPSA) is 47.6 Å². The van der Waals surface area contributed by atoms with Crippen LogP contribution in [0.4, 0.5) is 0 Å². The maximum atomic E-state index is 12.8. The molecule has 4 nitrogen and oxygen atoms in total. The summed E-state index contributed by atoms with van der Waals surface area (Å²) >= 11 is 0. The lowest BCUT2D eigenvalue weighted by molar-refractivity contribution is 0.00578. The Kier molecular flexibility index (Phi) is 4.58. The number of amides is 1. The molecule has 31 heavy (non-hydrogen) atoms. The molecule has 1 saturated heterocycles. The van der Waals surface area contributed by atoms with Crippen LogP contribution in [0.2, 0.25) is 0 Å². The number of benzene rings is 4. The van der Waals surface area contributed by atoms with Crippen molar-refractivity contribution in [2.75, 3.05) is 6.54 Å². The lowest BCUT2D eigenvalue weighted by Crippen LogP contribution is -2.41. The smallest absolute Gasteiger partial charge is 0.400 e. The lowest BCUT2D eigenvalue weighted by atomic mass is 9.90. The van der Waals surface area contributed by atoms with E-state index in [4.69, 9.17) is 9.31 Å². The van der Waals surface area contributed by atoms with E-state index in [-0.39, 0.29) is 17.1 Å². The molecule has 1 aliphatic rings. The second kappa shape index (κ2) is 7.08. The maximum Gasteiger partial charge on any atom is 0.486 e. The van der Waals surface area contributed by atoms with Gasteiger partial charge in [-0.25, -0.2) is 0 Å². The summed E-state index contributed by atoms with van der Waals surface area (Å²) in [6, 6.07) is 18.7. The average Bonchev–Trinajstić information content (AvgIpc) is 2.95. The zero-order valence-electron chi connectivity index (χ0n) is 18.4. The molecule has 0 spiro atoms. The van der Waals surface area contributed by atoms with Crippen LogP contribution in [0.5, 0.6) is 0 Å². The summed E-state index contributed by atoms with van der Waals surface area (Å²) in [7, 11) is -0.403. The summed E-state index contributed by atoms with van der Waals surface area (Å²) in [5, 5.41) is 10.1. The second-order valence-electron chi connectivity index (χ2n) is 9.27. The molecule has 0 atom stereocenters. The van der Waals surface area contributed by atoms with Crippen LogP contribution < -0.4 is 5.32 Å². The standard InChI is InChI=1S/C26H26BNO3/c1-25(2)26(3,4)31-27(30-25)13-6-14-28-24(29)21-15-19-11-9-17-7-5-8-18-10-12-20(16-21)23(19)22(17)18/h5-13,15-16H,14H2,1-4H3,(H,28,29)/b13-6+. The fourth-order valence-electron chi connectivity index (χ4n) is 4.28. The first-order valence-corrected chi connectivity index (χ1v) is 10.7. The number of hydrogen-bond donors (Lipinski definition) is 1. The van der Waals surface area contributed by atoms with Gasteiger partial charge in [-0.1, -0.05) is 54.5 Å². The van der Waals surface area contributed by atoms with Crippen LogP contribution >= 0.6 is 0 Å². The first kappa shape index (κ1) is 20.0. The Balaban J connectivity index is 1.33. The van der Waals surface area contributed by atoms with Gasteiger partial charge in [0, 0.05) is 12.1 Å². The first-order chi connectivity index (χ1) is 14.7. The van der Waals surface area contributed by atoms with Gasteiger partial charge in [0.25, 0.3) is 5.91 Å². The quantitative estimate of drug-likeness (QED) is 0.356. The third-order valence-corrected chi connectivity index (χ3v) is 6.67. The highest BCUT2D eigenvalue weighted by Crippen LogP contribution is 2.37. The predicted molar refractivity (Wildman–Crippen MR) is 128 cm³/mol. The van der Waals surface area contributed by atoms with Gasteiger partial charge in [-0.05, 0) is 72.1 Å². The minimum absolute atomic E-state index is 0.0935. The van der Waals surface area contributed by atoms with Gasteiger partial charge in [-0.15, -0.1) is 0 Å². The molecular formula is C26H26BNO3. The molecule has 0 unspecified atom stereocenters. The average molecular weight is 411 g/mol. The van der Waals surface area contributed by atoms with Crippen LogP contribution in [0.3, 0.4) is 0 Å². The van der Waals surface area contributed by atoms with Crippen molar-refractivity contribution in [1.82, 2.24) is 5.32 Å². The molecule has 1 amide bonds. The highest BCUT2D eigenvalue weighted by atomic mass is 16.7. The molecule has 1 heterocycles. The molecule has 5 heteroatoms. The summed E-state index contributed by atoms with van der Waals surface area (Å²) in [5.74, 6) is 1.77. The maximum absolute atomic E-state index is 12.8. The Bertz CT molecular complexity index is 1240. The lowest BCUT2D eigenvalue weighted by Gasteiger charge is -2.32. The normalized spacial score (nSPS) is 18.0. The second-order valence-corrected chi connectivity index (χ2v) is 9.27. The van der Waals surface area contributed by atoms with Crippen molar-refractivity contribution in [3.05, 3.63) is 72.2 Å². The number of carbonyl (C=O) groups is 1. The molecular weight excluding hydrogens is 385 g/mol. The van der Waals surface area contributed by atoms with Crippen molar-refractivity contribution in [2.45, 2.75) is 38.9 Å². The minimum Gasteiger partial charge on any atom is -0.400 e. The van der Waals surface area contributed by atoms with E-state index < -0.39 is 7.12 Å². The molecule has 1 aliphatic heterocycles. The van der Waals surface area contributed by atoms with E-state index in [0.29, 0.717) is 12.1 Å². The minimum atomic E-state index is -0.403. The van der Waals surface area contributed by atoms with E-state index in [1.54, 1.807) is 0 Å². The zero-order chi connectivity index (χ0) is 21.8. The number of hydrogen-bond acceptors (Lipinski definition) is 3. The molecule has 0 bridgehead atoms. The summed E-state index contributed by atoms with van der Waals surface area (Å²) in [5.41, 5.74) is -0.0696. The summed E-state index contributed by atoms with van der Waals surface area (Å²) in [6.45, 7) is 8.50. The summed E-state index contributed by atoms with van der Waals surface area (Å²) < 4.78 is 11.9. The largest absolute Gasteiger partial charge is 0.486 e. The van der Waals surface area contributed by atoms with Crippen molar-refractivity contribution in [3.8, 4) is 0 Å². The van der Waals surface area contributed by atoms with Crippen LogP contribution in [0.1, 0.15) is 38.1 Å². The van der Waals surface area contributed by atoms with Crippen molar-refractivity contribution >= 4 is 45.3 Å². The van der Waals surface area contributed by atoms with Gasteiger partial charge in [-0.2, -0.15) is 0 Å². The Labute approximate surface area is 182 Å². The Hall–Kier alpha value is -2.89. The first-order valence-electron chi connectivity index (χ1n) is 10.7. The third-order valence-electron chi connectivity index (χ3n) is 6.67. The van der Waals surface area contributed by atoms with E-state index in [1.165, 1.54) is 21.5 Å². The van der Waals surface area contributed by atoms with Gasteiger partial charge >= 0.3 is 7.12 Å². The zero-order valence-corrected chi connectivity index (χ0v) is 18.4. The van der Waals surface area contributed by atoms with Crippen LogP contribution in [0, 0.1) is 0 Å². The van der Waals surface area contributed by atoms with Gasteiger partial charge in [0.2, 0.25) is 0 Å². The van der Waals surface area contributed by atoms with Crippen LogP contribution in [0.25, 0.3) is 32.3 Å². The Morgan fingerprint density at radius 2 is 1.39 bits per heavy atom. The Morgan fingerprint density at radius 1 is 0.871 bits per heavy atom. The fourth-order valence-corrected chi connectivity index (χ4v) is 4.28. The van der Waals surface area contributed by atoms with Crippen molar-refractivity contribution < 1.29 is 14.1 Å². The van der Waals surface area contributed by atoms with Gasteiger partial charge in [-0.3, -0.25) is 4.79 Å². The molecule has 0 radical (unpaired) electrons. The molecule has 0 aliphatic carbocycles. The molecule has 156 valence electrons. The molecule has 5 rings (SSSR count). The number of rotatable bonds is 4. The van der Waals surface area contributed by atoms with Crippen LogP contribution in [-0.2, 0) is 9.31 Å². The van der Waals surface area contributed by atoms with Crippen molar-refractivity contribution in [3.63, 3.8) is 0 Å². The van der Waals surface area contributed by atoms with Crippen molar-refractivity contribution in [2.24, 2.45) is 0 Å². The number of carbonyl (C=O) groups excluding carboxylic acids is 1. The molecule has 0 saturated carbocycles. The van der Waals surface area contributed by atoms with E-state index in [0.717, 1.165) is 10.8 Å². The summed E-state index contributed by atoms with van der Waals surface area (Å²) in [4.78, 5) is 12.8. The fraction of sp³-hybridized carbons (Fsp3) is 0.269. The van der Waals surface area contributed by atoms with Gasteiger partial charge in [0.15, 0.2) is 0 Å². The van der Waals surface area contributed by atoms with E-state index in [2.05, 4.69) is 47.8 Å². The molecule has 1 N–H and O–H groups in total. The van der Waals surface area contributed by atoms with Crippen LogP contribution in [0.15, 0.2) is 66.6 Å². The van der Waals surface area contributed by atoms with Crippen molar-refractivity contribution in [1.29, 1.82) is 0 Å². The van der Waals surface area contributed by atoms with Crippen LogP contribution in [-0.4, -0.2) is 30.8 Å². The Morgan fingerprint density at radius 3 is 1.97 bits per heavy atom.